The zero-order chi connectivity index (χ0) is 19.6. The van der Waals surface area contributed by atoms with Gasteiger partial charge in [0.05, 0.1) is 11.5 Å². The van der Waals surface area contributed by atoms with Crippen LogP contribution in [0.3, 0.4) is 0 Å². The molecule has 6 nitrogen and oxygen atoms in total. The number of aliphatic hydroxyl groups excluding tert-OH is 1. The molecule has 8 heteroatoms. The number of nitrogens with one attached hydrogen (secondary N) is 1. The SMILES string of the molecule is CC[C@H](CO)NS(=O)(=O)c1cc(-c2nnc(Cl)c3ccccc23)ccc1C. The highest BCUT2D eigenvalue weighted by Crippen LogP contribution is 2.31. The average molecular weight is 406 g/mol. The Morgan fingerprint density at radius 3 is 2.52 bits per heavy atom. The molecule has 0 radical (unpaired) electrons. The van der Waals surface area contributed by atoms with Crippen molar-refractivity contribution in [3.8, 4) is 11.3 Å². The van der Waals surface area contributed by atoms with E-state index in [2.05, 4.69) is 14.9 Å². The van der Waals surface area contributed by atoms with E-state index in [1.54, 1.807) is 19.1 Å². The van der Waals surface area contributed by atoms with E-state index in [4.69, 9.17) is 11.6 Å². The van der Waals surface area contributed by atoms with Gasteiger partial charge in [-0.3, -0.25) is 0 Å². The van der Waals surface area contributed by atoms with Gasteiger partial charge in [-0.05, 0) is 25.0 Å². The highest BCUT2D eigenvalue weighted by Gasteiger charge is 2.22. The molecule has 0 spiro atoms. The molecule has 0 aliphatic carbocycles. The first-order valence-electron chi connectivity index (χ1n) is 8.52. The average Bonchev–Trinajstić information content (AvgIpc) is 2.67. The topological polar surface area (TPSA) is 92.2 Å². The molecule has 0 amide bonds. The summed E-state index contributed by atoms with van der Waals surface area (Å²) in [5.41, 5.74) is 1.78. The summed E-state index contributed by atoms with van der Waals surface area (Å²) in [4.78, 5) is 0.146. The van der Waals surface area contributed by atoms with Crippen molar-refractivity contribution in [1.82, 2.24) is 14.9 Å². The van der Waals surface area contributed by atoms with Crippen molar-refractivity contribution in [1.29, 1.82) is 0 Å². The Hall–Kier alpha value is -2.06. The van der Waals surface area contributed by atoms with Crippen LogP contribution in [-0.4, -0.2) is 36.4 Å². The Kier molecular flexibility index (Phi) is 5.76. The van der Waals surface area contributed by atoms with Crippen LogP contribution in [-0.2, 0) is 10.0 Å². The van der Waals surface area contributed by atoms with Crippen LogP contribution < -0.4 is 4.72 Å². The minimum atomic E-state index is -3.79. The summed E-state index contributed by atoms with van der Waals surface area (Å²) in [7, 11) is -3.79. The number of benzene rings is 2. The molecular weight excluding hydrogens is 386 g/mol. The van der Waals surface area contributed by atoms with E-state index in [9.17, 15) is 13.5 Å². The monoisotopic (exact) mass is 405 g/mol. The fraction of sp³-hybridized carbons (Fsp3) is 0.263. The predicted octanol–water partition coefficient (Wildman–Crippen LogP) is 3.31. The van der Waals surface area contributed by atoms with Crippen LogP contribution in [0.4, 0.5) is 0 Å². The molecular formula is C19H20ClN3O3S. The maximum atomic E-state index is 12.8. The molecule has 0 saturated carbocycles. The summed E-state index contributed by atoms with van der Waals surface area (Å²) in [6, 6.07) is 12.0. The molecule has 0 saturated heterocycles. The van der Waals surface area contributed by atoms with Gasteiger partial charge in [-0.2, -0.15) is 0 Å². The van der Waals surface area contributed by atoms with E-state index in [-0.39, 0.29) is 11.5 Å². The third kappa shape index (κ3) is 3.96. The van der Waals surface area contributed by atoms with Gasteiger partial charge in [0.1, 0.15) is 5.69 Å². The van der Waals surface area contributed by atoms with E-state index in [1.165, 1.54) is 0 Å². The second-order valence-electron chi connectivity index (χ2n) is 6.27. The summed E-state index contributed by atoms with van der Waals surface area (Å²) in [6.45, 7) is 3.27. The molecule has 2 N–H and O–H groups in total. The minimum absolute atomic E-state index is 0.146. The third-order valence-electron chi connectivity index (χ3n) is 4.43. The zero-order valence-corrected chi connectivity index (χ0v) is 16.5. The molecule has 0 unspecified atom stereocenters. The first-order chi connectivity index (χ1) is 12.9. The van der Waals surface area contributed by atoms with Crippen molar-refractivity contribution >= 4 is 32.4 Å². The van der Waals surface area contributed by atoms with Crippen LogP contribution in [0.5, 0.6) is 0 Å². The number of aliphatic hydroxyl groups is 1. The van der Waals surface area contributed by atoms with Crippen LogP contribution in [0.15, 0.2) is 47.4 Å². The fourth-order valence-corrected chi connectivity index (χ4v) is 4.64. The van der Waals surface area contributed by atoms with E-state index < -0.39 is 16.1 Å². The number of nitrogens with zero attached hydrogens (tertiary/aromatic N) is 2. The van der Waals surface area contributed by atoms with Crippen LogP contribution in [0.2, 0.25) is 5.15 Å². The molecule has 1 atom stereocenters. The highest BCUT2D eigenvalue weighted by molar-refractivity contribution is 7.89. The number of aromatic nitrogens is 2. The van der Waals surface area contributed by atoms with Crippen molar-refractivity contribution in [2.75, 3.05) is 6.61 Å². The summed E-state index contributed by atoms with van der Waals surface area (Å²) in [5.74, 6) is 0. The quantitative estimate of drug-likeness (QED) is 0.656. The van der Waals surface area contributed by atoms with Crippen molar-refractivity contribution in [3.63, 3.8) is 0 Å². The van der Waals surface area contributed by atoms with Crippen LogP contribution in [0, 0.1) is 6.92 Å². The molecule has 27 heavy (non-hydrogen) atoms. The van der Waals surface area contributed by atoms with Crippen LogP contribution >= 0.6 is 11.6 Å². The second kappa shape index (κ2) is 7.90. The highest BCUT2D eigenvalue weighted by atomic mass is 35.5. The molecule has 0 aliphatic rings. The van der Waals surface area contributed by atoms with Gasteiger partial charge < -0.3 is 5.11 Å². The molecule has 0 aliphatic heterocycles. The van der Waals surface area contributed by atoms with Gasteiger partial charge in [-0.15, -0.1) is 10.2 Å². The van der Waals surface area contributed by atoms with E-state index in [1.807, 2.05) is 37.3 Å². The Labute approximate surface area is 163 Å². The van der Waals surface area contributed by atoms with E-state index in [0.29, 0.717) is 28.4 Å². The summed E-state index contributed by atoms with van der Waals surface area (Å²) in [5, 5.41) is 19.3. The number of aryl methyl sites for hydroxylation is 1. The molecule has 1 heterocycles. The summed E-state index contributed by atoms with van der Waals surface area (Å²) >= 11 is 6.13. The van der Waals surface area contributed by atoms with Crippen molar-refractivity contribution < 1.29 is 13.5 Å². The fourth-order valence-electron chi connectivity index (χ4n) is 2.85. The van der Waals surface area contributed by atoms with Gasteiger partial charge in [0.25, 0.3) is 0 Å². The summed E-state index contributed by atoms with van der Waals surface area (Å²) < 4.78 is 28.1. The van der Waals surface area contributed by atoms with Crippen molar-refractivity contribution in [3.05, 3.63) is 53.2 Å². The van der Waals surface area contributed by atoms with Gasteiger partial charge in [-0.25, -0.2) is 13.1 Å². The smallest absolute Gasteiger partial charge is 0.241 e. The zero-order valence-electron chi connectivity index (χ0n) is 15.0. The third-order valence-corrected chi connectivity index (χ3v) is 6.37. The largest absolute Gasteiger partial charge is 0.395 e. The maximum Gasteiger partial charge on any atom is 0.241 e. The standard InChI is InChI=1S/C19H20ClN3O3S/c1-3-14(11-24)23-27(25,26)17-10-13(9-8-12(17)2)18-15-6-4-5-7-16(15)19(20)22-21-18/h4-10,14,23-24H,3,11H2,1-2H3/t14-/m1/s1. The second-order valence-corrected chi connectivity index (χ2v) is 8.31. The van der Waals surface area contributed by atoms with Crippen molar-refractivity contribution in [2.45, 2.75) is 31.2 Å². The molecule has 3 rings (SSSR count). The number of hydrogen-bond acceptors (Lipinski definition) is 5. The van der Waals surface area contributed by atoms with Gasteiger partial charge >= 0.3 is 0 Å². The maximum absolute atomic E-state index is 12.8. The van der Waals surface area contributed by atoms with Crippen LogP contribution in [0.1, 0.15) is 18.9 Å². The number of rotatable bonds is 6. The van der Waals surface area contributed by atoms with E-state index in [0.717, 1.165) is 10.8 Å². The van der Waals surface area contributed by atoms with Gasteiger partial charge in [0.15, 0.2) is 5.15 Å². The van der Waals surface area contributed by atoms with Gasteiger partial charge in [0, 0.05) is 22.4 Å². The first kappa shape index (κ1) is 19.7. The lowest BCUT2D eigenvalue weighted by molar-refractivity contribution is 0.254. The first-order valence-corrected chi connectivity index (χ1v) is 10.4. The molecule has 0 bridgehead atoms. The molecule has 1 aromatic heterocycles. The lowest BCUT2D eigenvalue weighted by Crippen LogP contribution is -2.37. The Bertz CT molecular complexity index is 1080. The number of halogens is 1. The minimum Gasteiger partial charge on any atom is -0.395 e. The molecule has 0 fully saturated rings. The van der Waals surface area contributed by atoms with Gasteiger partial charge in [-0.1, -0.05) is 54.9 Å². The predicted molar refractivity (Wildman–Crippen MR) is 106 cm³/mol. The molecule has 2 aromatic carbocycles. The van der Waals surface area contributed by atoms with Crippen molar-refractivity contribution in [2.24, 2.45) is 0 Å². The molecule has 142 valence electrons. The Morgan fingerprint density at radius 2 is 1.85 bits per heavy atom. The molecule has 3 aromatic rings. The Morgan fingerprint density at radius 1 is 1.15 bits per heavy atom. The van der Waals surface area contributed by atoms with Crippen LogP contribution in [0.25, 0.3) is 22.0 Å². The summed E-state index contributed by atoms with van der Waals surface area (Å²) in [6.07, 6.45) is 0.488. The normalized spacial score (nSPS) is 13.0. The lowest BCUT2D eigenvalue weighted by Gasteiger charge is -2.16. The lowest BCUT2D eigenvalue weighted by atomic mass is 10.0. The number of sulfonamides is 1. The number of fused-ring (bicyclic) bond motifs is 1. The van der Waals surface area contributed by atoms with E-state index >= 15 is 0 Å². The van der Waals surface area contributed by atoms with Gasteiger partial charge in [0.2, 0.25) is 10.0 Å². The number of hydrogen-bond donors (Lipinski definition) is 2. The Balaban J connectivity index is 2.14.